The summed E-state index contributed by atoms with van der Waals surface area (Å²) in [7, 11) is 0. The van der Waals surface area contributed by atoms with Crippen LogP contribution < -0.4 is 5.32 Å². The minimum atomic E-state index is -0.932. The molecule has 0 fully saturated rings. The van der Waals surface area contributed by atoms with Crippen molar-refractivity contribution < 1.29 is 23.5 Å². The summed E-state index contributed by atoms with van der Waals surface area (Å²) in [5.74, 6) is -3.51. The number of hydrogen-bond donors (Lipinski definition) is 2. The summed E-state index contributed by atoms with van der Waals surface area (Å²) in [6.45, 7) is 1.85. The van der Waals surface area contributed by atoms with Crippen molar-refractivity contribution in [2.24, 2.45) is 5.92 Å². The number of benzene rings is 1. The molecule has 1 amide bonds. The monoisotopic (exact) mass is 285 g/mol. The Morgan fingerprint density at radius 2 is 2.00 bits per heavy atom. The van der Waals surface area contributed by atoms with Crippen molar-refractivity contribution in [3.05, 3.63) is 35.4 Å². The fourth-order valence-electron chi connectivity index (χ4n) is 1.59. The predicted molar refractivity (Wildman–Crippen MR) is 69.1 cm³/mol. The summed E-state index contributed by atoms with van der Waals surface area (Å²) < 4.78 is 25.6. The van der Waals surface area contributed by atoms with Crippen LogP contribution in [0.1, 0.15) is 25.3 Å². The third-order valence-corrected chi connectivity index (χ3v) is 2.95. The van der Waals surface area contributed by atoms with Crippen LogP contribution in [0, 0.1) is 17.6 Å². The van der Waals surface area contributed by atoms with E-state index in [1.165, 1.54) is 6.07 Å². The number of carboxylic acid groups (broad SMARTS) is 1. The first-order valence-corrected chi connectivity index (χ1v) is 6.33. The molecule has 1 aromatic rings. The van der Waals surface area contributed by atoms with Crippen LogP contribution in [0.25, 0.3) is 0 Å². The second kappa shape index (κ2) is 7.57. The maximum Gasteiger partial charge on any atom is 0.306 e. The van der Waals surface area contributed by atoms with Crippen LogP contribution in [0.4, 0.5) is 8.78 Å². The number of amides is 1. The molecule has 0 bridgehead atoms. The zero-order chi connectivity index (χ0) is 15.1. The van der Waals surface area contributed by atoms with Gasteiger partial charge in [-0.05, 0) is 30.5 Å². The molecule has 20 heavy (non-hydrogen) atoms. The molecule has 0 saturated heterocycles. The van der Waals surface area contributed by atoms with Gasteiger partial charge in [-0.2, -0.15) is 0 Å². The normalized spacial score (nSPS) is 11.9. The minimum Gasteiger partial charge on any atom is -0.481 e. The number of aliphatic carboxylic acids is 1. The second-order valence-electron chi connectivity index (χ2n) is 4.63. The Morgan fingerprint density at radius 1 is 1.30 bits per heavy atom. The molecule has 1 atom stereocenters. The molecule has 0 aliphatic heterocycles. The quantitative estimate of drug-likeness (QED) is 0.806. The molecular weight excluding hydrogens is 268 g/mol. The Labute approximate surface area is 115 Å². The molecule has 0 aromatic heterocycles. The molecule has 6 heteroatoms. The van der Waals surface area contributed by atoms with Crippen LogP contribution in [0.3, 0.4) is 0 Å². The van der Waals surface area contributed by atoms with Gasteiger partial charge in [0.2, 0.25) is 5.91 Å². The van der Waals surface area contributed by atoms with Crippen LogP contribution in [0.5, 0.6) is 0 Å². The van der Waals surface area contributed by atoms with Gasteiger partial charge >= 0.3 is 5.97 Å². The molecular formula is C14H17F2NO3. The van der Waals surface area contributed by atoms with Crippen LogP contribution in [-0.2, 0) is 16.0 Å². The van der Waals surface area contributed by atoms with Crippen LogP contribution in [0.15, 0.2) is 18.2 Å². The average Bonchev–Trinajstić information content (AvgIpc) is 2.40. The van der Waals surface area contributed by atoms with Gasteiger partial charge in [-0.1, -0.05) is 13.0 Å². The molecule has 0 aliphatic carbocycles. The number of nitrogens with one attached hydrogen (secondary N) is 1. The maximum absolute atomic E-state index is 12.9. The molecule has 1 unspecified atom stereocenters. The lowest BCUT2D eigenvalue weighted by atomic mass is 10.1. The van der Waals surface area contributed by atoms with Crippen molar-refractivity contribution in [1.29, 1.82) is 0 Å². The van der Waals surface area contributed by atoms with E-state index in [4.69, 9.17) is 5.11 Å². The molecule has 0 radical (unpaired) electrons. The first-order chi connectivity index (χ1) is 9.40. The van der Waals surface area contributed by atoms with E-state index >= 15 is 0 Å². The number of carbonyl (C=O) groups excluding carboxylic acids is 1. The highest BCUT2D eigenvalue weighted by Gasteiger charge is 2.11. The van der Waals surface area contributed by atoms with Gasteiger partial charge in [-0.15, -0.1) is 0 Å². The van der Waals surface area contributed by atoms with Crippen molar-refractivity contribution in [2.45, 2.75) is 26.2 Å². The van der Waals surface area contributed by atoms with E-state index in [1.807, 2.05) is 0 Å². The highest BCUT2D eigenvalue weighted by Crippen LogP contribution is 2.10. The van der Waals surface area contributed by atoms with Gasteiger partial charge < -0.3 is 10.4 Å². The topological polar surface area (TPSA) is 66.4 Å². The third kappa shape index (κ3) is 5.34. The van der Waals surface area contributed by atoms with E-state index in [-0.39, 0.29) is 18.9 Å². The molecule has 2 N–H and O–H groups in total. The van der Waals surface area contributed by atoms with Gasteiger partial charge in [-0.25, -0.2) is 8.78 Å². The van der Waals surface area contributed by atoms with E-state index in [1.54, 1.807) is 6.92 Å². The van der Waals surface area contributed by atoms with E-state index in [0.717, 1.165) is 12.1 Å². The predicted octanol–water partition coefficient (Wildman–Crippen LogP) is 2.12. The average molecular weight is 285 g/mol. The zero-order valence-corrected chi connectivity index (χ0v) is 11.2. The van der Waals surface area contributed by atoms with Gasteiger partial charge in [0.25, 0.3) is 0 Å². The standard InChI is InChI=1S/C14H17F2NO3/c1-9(14(19)20)6-7-17-13(18)5-3-10-2-4-11(15)12(16)8-10/h2,4,8-9H,3,5-7H2,1H3,(H,17,18)(H,19,20). The van der Waals surface area contributed by atoms with Crippen molar-refractivity contribution in [1.82, 2.24) is 5.32 Å². The second-order valence-corrected chi connectivity index (χ2v) is 4.63. The third-order valence-electron chi connectivity index (χ3n) is 2.95. The lowest BCUT2D eigenvalue weighted by Crippen LogP contribution is -2.27. The van der Waals surface area contributed by atoms with Crippen molar-refractivity contribution in [3.63, 3.8) is 0 Å². The number of rotatable bonds is 7. The number of carbonyl (C=O) groups is 2. The lowest BCUT2D eigenvalue weighted by Gasteiger charge is -2.08. The molecule has 1 rings (SSSR count). The number of hydrogen-bond acceptors (Lipinski definition) is 2. The fraction of sp³-hybridized carbons (Fsp3) is 0.429. The van der Waals surface area contributed by atoms with Crippen molar-refractivity contribution in [2.75, 3.05) is 6.54 Å². The van der Waals surface area contributed by atoms with Gasteiger partial charge in [-0.3, -0.25) is 9.59 Å². The fourth-order valence-corrected chi connectivity index (χ4v) is 1.59. The lowest BCUT2D eigenvalue weighted by molar-refractivity contribution is -0.141. The zero-order valence-electron chi connectivity index (χ0n) is 11.2. The molecule has 110 valence electrons. The Kier molecular flexibility index (Phi) is 6.09. The highest BCUT2D eigenvalue weighted by molar-refractivity contribution is 5.76. The summed E-state index contributed by atoms with van der Waals surface area (Å²) in [4.78, 5) is 22.1. The summed E-state index contributed by atoms with van der Waals surface area (Å²) in [5, 5.41) is 11.3. The molecule has 0 spiro atoms. The first kappa shape index (κ1) is 16.1. The maximum atomic E-state index is 12.9. The summed E-state index contributed by atoms with van der Waals surface area (Å²) >= 11 is 0. The van der Waals surface area contributed by atoms with Crippen molar-refractivity contribution in [3.8, 4) is 0 Å². The van der Waals surface area contributed by atoms with Crippen LogP contribution in [0.2, 0.25) is 0 Å². The first-order valence-electron chi connectivity index (χ1n) is 6.33. The van der Waals surface area contributed by atoms with E-state index in [2.05, 4.69) is 5.32 Å². The Balaban J connectivity index is 2.29. The van der Waals surface area contributed by atoms with Crippen LogP contribution >= 0.6 is 0 Å². The Hall–Kier alpha value is -1.98. The largest absolute Gasteiger partial charge is 0.481 e. The van der Waals surface area contributed by atoms with Crippen molar-refractivity contribution >= 4 is 11.9 Å². The molecule has 4 nitrogen and oxygen atoms in total. The Morgan fingerprint density at radius 3 is 2.60 bits per heavy atom. The van der Waals surface area contributed by atoms with Gasteiger partial charge in [0.15, 0.2) is 11.6 Å². The molecule has 0 saturated carbocycles. The summed E-state index contributed by atoms with van der Waals surface area (Å²) in [6.07, 6.45) is 0.802. The SMILES string of the molecule is CC(CCNC(=O)CCc1ccc(F)c(F)c1)C(=O)O. The summed E-state index contributed by atoms with van der Waals surface area (Å²) in [5.41, 5.74) is 0.540. The van der Waals surface area contributed by atoms with E-state index in [9.17, 15) is 18.4 Å². The van der Waals surface area contributed by atoms with Gasteiger partial charge in [0, 0.05) is 13.0 Å². The van der Waals surface area contributed by atoms with E-state index < -0.39 is 23.5 Å². The smallest absolute Gasteiger partial charge is 0.306 e. The van der Waals surface area contributed by atoms with Gasteiger partial charge in [0.1, 0.15) is 0 Å². The molecule has 1 aromatic carbocycles. The number of halogens is 2. The number of carboxylic acids is 1. The number of aryl methyl sites for hydroxylation is 1. The van der Waals surface area contributed by atoms with E-state index in [0.29, 0.717) is 18.4 Å². The van der Waals surface area contributed by atoms with Gasteiger partial charge in [0.05, 0.1) is 5.92 Å². The summed E-state index contributed by atoms with van der Waals surface area (Å²) in [6, 6.07) is 3.52. The minimum absolute atomic E-state index is 0.145. The highest BCUT2D eigenvalue weighted by atomic mass is 19.2. The Bertz CT molecular complexity index is 491. The molecule has 0 heterocycles. The van der Waals surface area contributed by atoms with Crippen LogP contribution in [-0.4, -0.2) is 23.5 Å². The molecule has 0 aliphatic rings.